The van der Waals surface area contributed by atoms with Crippen molar-refractivity contribution in [2.75, 3.05) is 0 Å². The molecule has 7 heteroatoms. The van der Waals surface area contributed by atoms with E-state index in [1.807, 2.05) is 73.2 Å². The van der Waals surface area contributed by atoms with Crippen molar-refractivity contribution < 1.29 is 11.3 Å². The molecule has 0 radical (unpaired) electrons. The first-order chi connectivity index (χ1) is 12.3. The van der Waals surface area contributed by atoms with Gasteiger partial charge in [0.1, 0.15) is 0 Å². The number of rotatable bonds is 6. The quantitative estimate of drug-likeness (QED) is 0.446. The minimum Gasteiger partial charge on any atom is -0.286 e. The van der Waals surface area contributed by atoms with Crippen LogP contribution in [-0.4, -0.2) is 19.9 Å². The van der Waals surface area contributed by atoms with Gasteiger partial charge in [-0.25, -0.2) is 0 Å². The molecule has 0 aliphatic heterocycles. The van der Waals surface area contributed by atoms with Crippen molar-refractivity contribution in [3.63, 3.8) is 0 Å². The first-order valence-corrected chi connectivity index (χ1v) is 12.2. The summed E-state index contributed by atoms with van der Waals surface area (Å²) in [5.74, 6) is 0. The molecule has 3 rings (SSSR count). The largest absolute Gasteiger partial charge is 0.286 e. The van der Waals surface area contributed by atoms with Crippen molar-refractivity contribution in [1.29, 1.82) is 0 Å². The van der Waals surface area contributed by atoms with Gasteiger partial charge in [-0.2, -0.15) is 0 Å². The van der Waals surface area contributed by atoms with Gasteiger partial charge in [-0.3, -0.25) is 19.9 Å². The summed E-state index contributed by atoms with van der Waals surface area (Å²) in [7, 11) is 0. The topological polar surface area (TPSA) is 41.9 Å². The van der Waals surface area contributed by atoms with Crippen LogP contribution in [0.4, 0.5) is 0 Å². The van der Waals surface area contributed by atoms with Gasteiger partial charge in [0.05, 0.1) is 17.1 Å². The third-order valence-electron chi connectivity index (χ3n) is 3.34. The standard InChI is InChI=1S/C18H18N4.2BrH.Cu/c1-4-10-19-16(7-1)13-22(14-17-8-2-5-11-20-17)15-18-9-3-6-12-21-18;;;/h1-12H,13-15H2;2*1H;/q;;;+2/p-2. The van der Waals surface area contributed by atoms with Gasteiger partial charge in [-0.05, 0) is 36.4 Å². The van der Waals surface area contributed by atoms with Crippen molar-refractivity contribution in [3.8, 4) is 0 Å². The van der Waals surface area contributed by atoms with Gasteiger partial charge in [0.25, 0.3) is 0 Å². The fourth-order valence-electron chi connectivity index (χ4n) is 2.33. The summed E-state index contributed by atoms with van der Waals surface area (Å²) in [5.41, 5.74) is 3.15. The molecule has 3 aromatic rings. The van der Waals surface area contributed by atoms with Crippen molar-refractivity contribution in [1.82, 2.24) is 19.9 Å². The molecule has 0 aromatic carbocycles. The molecule has 0 amide bonds. The number of pyridine rings is 3. The van der Waals surface area contributed by atoms with Gasteiger partial charge in [-0.1, -0.05) is 18.2 Å². The summed E-state index contributed by atoms with van der Waals surface area (Å²) in [6, 6.07) is 18.0. The van der Waals surface area contributed by atoms with E-state index in [4.69, 9.17) is 0 Å². The first kappa shape index (κ1) is 20.2. The second kappa shape index (κ2) is 12.3. The second-order valence-electron chi connectivity index (χ2n) is 5.15. The van der Waals surface area contributed by atoms with E-state index in [9.17, 15) is 0 Å². The van der Waals surface area contributed by atoms with E-state index >= 15 is 0 Å². The van der Waals surface area contributed by atoms with Crippen LogP contribution in [0.3, 0.4) is 0 Å². The van der Waals surface area contributed by atoms with Gasteiger partial charge in [0.2, 0.25) is 0 Å². The molecule has 3 aromatic heterocycles. The van der Waals surface area contributed by atoms with E-state index in [-0.39, 0.29) is 0 Å². The van der Waals surface area contributed by atoms with E-state index in [2.05, 4.69) is 48.1 Å². The monoisotopic (exact) mass is 511 g/mol. The Morgan fingerprint density at radius 2 is 0.960 bits per heavy atom. The molecule has 0 fully saturated rings. The second-order valence-corrected chi connectivity index (χ2v) is 9.90. The van der Waals surface area contributed by atoms with E-state index < -0.39 is 0 Å². The van der Waals surface area contributed by atoms with E-state index in [1.54, 1.807) is 0 Å². The zero-order chi connectivity index (χ0) is 17.7. The SMILES string of the molecule is [Br][Cu][Br].c1ccc(CN(Cc2ccccn2)Cc2ccccn2)nc1. The molecule has 0 aliphatic carbocycles. The van der Waals surface area contributed by atoms with Crippen LogP contribution >= 0.6 is 28.2 Å². The Kier molecular flexibility index (Phi) is 9.92. The Morgan fingerprint density at radius 1 is 0.640 bits per heavy atom. The molecule has 0 spiro atoms. The van der Waals surface area contributed by atoms with Crippen LogP contribution in [0.15, 0.2) is 73.2 Å². The minimum absolute atomic E-state index is 0.772. The zero-order valence-electron chi connectivity index (χ0n) is 13.4. The molecule has 135 valence electrons. The molecule has 0 saturated heterocycles. The molecule has 0 bridgehead atoms. The summed E-state index contributed by atoms with van der Waals surface area (Å²) >= 11 is 7.38. The Hall–Kier alpha value is -1.11. The Balaban J connectivity index is 0.000000701. The summed E-state index contributed by atoms with van der Waals surface area (Å²) in [6.07, 6.45) is 5.49. The van der Waals surface area contributed by atoms with Crippen molar-refractivity contribution in [3.05, 3.63) is 90.3 Å². The fourth-order valence-corrected chi connectivity index (χ4v) is 2.33. The molecular weight excluding hydrogens is 496 g/mol. The van der Waals surface area contributed by atoms with Crippen LogP contribution in [0.2, 0.25) is 0 Å². The van der Waals surface area contributed by atoms with E-state index in [0.29, 0.717) is 0 Å². The third-order valence-corrected chi connectivity index (χ3v) is 3.34. The number of hydrogen-bond acceptors (Lipinski definition) is 4. The van der Waals surface area contributed by atoms with Gasteiger partial charge in [0.15, 0.2) is 0 Å². The Morgan fingerprint density at radius 3 is 1.20 bits per heavy atom. The van der Waals surface area contributed by atoms with Crippen molar-refractivity contribution >= 4 is 28.2 Å². The van der Waals surface area contributed by atoms with Crippen LogP contribution in [0, 0.1) is 0 Å². The average molecular weight is 514 g/mol. The maximum Gasteiger partial charge on any atom is 0.0544 e. The molecule has 0 N–H and O–H groups in total. The van der Waals surface area contributed by atoms with Crippen LogP contribution in [-0.2, 0) is 31.0 Å². The van der Waals surface area contributed by atoms with Crippen LogP contribution < -0.4 is 0 Å². The van der Waals surface area contributed by atoms with Gasteiger partial charge < -0.3 is 0 Å². The number of aromatic nitrogens is 3. The van der Waals surface area contributed by atoms with Crippen LogP contribution in [0.25, 0.3) is 0 Å². The molecule has 3 heterocycles. The molecule has 0 saturated carbocycles. The number of nitrogens with zero attached hydrogens (tertiary/aromatic N) is 4. The summed E-state index contributed by atoms with van der Waals surface area (Å²) in [5, 5.41) is 0. The van der Waals surface area contributed by atoms with Gasteiger partial charge in [-0.15, -0.1) is 0 Å². The van der Waals surface area contributed by atoms with Gasteiger partial charge in [0, 0.05) is 38.2 Å². The van der Waals surface area contributed by atoms with Gasteiger partial charge >= 0.3 is 39.6 Å². The Labute approximate surface area is 168 Å². The van der Waals surface area contributed by atoms with E-state index in [1.165, 1.54) is 11.3 Å². The zero-order valence-corrected chi connectivity index (χ0v) is 17.5. The number of hydrogen-bond donors (Lipinski definition) is 0. The molecule has 0 unspecified atom stereocenters. The fraction of sp³-hybridized carbons (Fsp3) is 0.167. The normalized spacial score (nSPS) is 10.4. The molecular formula is C18H18Br2CuN4. The smallest absolute Gasteiger partial charge is 0.0544 e. The maximum atomic E-state index is 4.42. The van der Waals surface area contributed by atoms with Crippen LogP contribution in [0.5, 0.6) is 0 Å². The predicted molar refractivity (Wildman–Crippen MR) is 104 cm³/mol. The third kappa shape index (κ3) is 8.21. The summed E-state index contributed by atoms with van der Waals surface area (Å²) in [4.78, 5) is 15.6. The maximum absolute atomic E-state index is 4.42. The summed E-state index contributed by atoms with van der Waals surface area (Å²) in [6.45, 7) is 2.32. The van der Waals surface area contributed by atoms with Crippen molar-refractivity contribution in [2.24, 2.45) is 0 Å². The Bertz CT molecular complexity index is 603. The molecule has 25 heavy (non-hydrogen) atoms. The molecule has 0 atom stereocenters. The summed E-state index contributed by atoms with van der Waals surface area (Å²) < 4.78 is 0. The number of halogens is 2. The predicted octanol–water partition coefficient (Wildman–Crippen LogP) is 4.76. The van der Waals surface area contributed by atoms with Crippen LogP contribution in [0.1, 0.15) is 17.1 Å². The average Bonchev–Trinajstić information content (AvgIpc) is 2.65. The molecule has 4 nitrogen and oxygen atoms in total. The minimum atomic E-state index is 0.772. The first-order valence-electron chi connectivity index (χ1n) is 7.55. The van der Waals surface area contributed by atoms with Crippen molar-refractivity contribution in [2.45, 2.75) is 19.6 Å². The van der Waals surface area contributed by atoms with E-state index in [0.717, 1.165) is 36.7 Å². The molecule has 0 aliphatic rings.